The molecule has 6 rings (SSSR count). The van der Waals surface area contributed by atoms with E-state index in [4.69, 9.17) is 10.5 Å². The topological polar surface area (TPSA) is 134 Å². The molecule has 13 heteroatoms. The molecule has 6 aromatic rings. The van der Waals surface area contributed by atoms with Crippen LogP contribution in [0.2, 0.25) is 0 Å². The molecule has 2 aromatic heterocycles. The van der Waals surface area contributed by atoms with Gasteiger partial charge in [0.05, 0.1) is 25.3 Å². The molecular weight excluding hydrogens is 720 g/mol. The van der Waals surface area contributed by atoms with Crippen molar-refractivity contribution in [1.82, 2.24) is 9.13 Å². The van der Waals surface area contributed by atoms with Crippen molar-refractivity contribution < 1.29 is 26.4 Å². The molecule has 1 amide bonds. The fourth-order valence-corrected chi connectivity index (χ4v) is 8.51. The van der Waals surface area contributed by atoms with Crippen LogP contribution in [-0.4, -0.2) is 50.8 Å². The second-order valence-corrected chi connectivity index (χ2v) is 17.0. The molecule has 0 unspecified atom stereocenters. The molecule has 276 valence electrons. The number of amides is 1. The van der Waals surface area contributed by atoms with Crippen molar-refractivity contribution >= 4 is 65.7 Å². The lowest BCUT2D eigenvalue weighted by Crippen LogP contribution is -2.36. The average Bonchev–Trinajstić information content (AvgIpc) is 3.60. The molecule has 2 N–H and O–H groups in total. The normalized spacial score (nSPS) is 11.8. The summed E-state index contributed by atoms with van der Waals surface area (Å²) in [5.41, 5.74) is 8.55. The van der Waals surface area contributed by atoms with E-state index in [0.29, 0.717) is 34.0 Å². The van der Waals surface area contributed by atoms with Gasteiger partial charge in [0.1, 0.15) is 5.60 Å². The number of halogens is 1. The molecule has 0 fully saturated rings. The minimum Gasteiger partial charge on any atom is -0.443 e. The Morgan fingerprint density at radius 3 is 1.63 bits per heavy atom. The maximum atomic E-state index is 13.0. The number of aromatic nitrogens is 2. The summed E-state index contributed by atoms with van der Waals surface area (Å²) >= 11 is 0. The molecule has 0 aliphatic heterocycles. The van der Waals surface area contributed by atoms with Crippen LogP contribution in [0, 0.1) is 0 Å². The van der Waals surface area contributed by atoms with Gasteiger partial charge in [0.2, 0.25) is 19.7 Å². The molecule has 10 nitrogen and oxygen atoms in total. The molecule has 0 spiro atoms. The predicted octanol–water partition coefficient (Wildman–Crippen LogP) is 7.71. The third-order valence-electron chi connectivity index (χ3n) is 8.35. The van der Waals surface area contributed by atoms with Gasteiger partial charge in [0.25, 0.3) is 0 Å². The first-order valence-corrected chi connectivity index (χ1v) is 19.5. The van der Waals surface area contributed by atoms with Crippen molar-refractivity contribution in [3.8, 4) is 0 Å². The van der Waals surface area contributed by atoms with E-state index >= 15 is 0 Å². The SMILES string of the molecule is CCN(C(=O)OC(C)(C)C)c1cn(C)c2ccc(S(=O)(=O)c3ccccc3)cc12.Cl.Cn1cc(CCN)c2cc(S(=O)(=O)c3ccccc3)ccc21. The number of hydrogen-bond donors (Lipinski definition) is 1. The Morgan fingerprint density at radius 1 is 0.712 bits per heavy atom. The van der Waals surface area contributed by atoms with Crippen LogP contribution in [0.15, 0.2) is 129 Å². The van der Waals surface area contributed by atoms with E-state index in [1.807, 2.05) is 69.4 Å². The van der Waals surface area contributed by atoms with E-state index in [0.717, 1.165) is 28.4 Å². The monoisotopic (exact) mass is 764 g/mol. The van der Waals surface area contributed by atoms with Gasteiger partial charge in [0, 0.05) is 54.8 Å². The van der Waals surface area contributed by atoms with Gasteiger partial charge in [-0.2, -0.15) is 0 Å². The molecule has 2 heterocycles. The van der Waals surface area contributed by atoms with Crippen LogP contribution in [-0.2, 0) is 44.9 Å². The zero-order valence-electron chi connectivity index (χ0n) is 30.1. The van der Waals surface area contributed by atoms with Crippen molar-refractivity contribution in [2.45, 2.75) is 59.3 Å². The van der Waals surface area contributed by atoms with Crippen LogP contribution in [0.4, 0.5) is 10.5 Å². The van der Waals surface area contributed by atoms with E-state index in [2.05, 4.69) is 0 Å². The Hall–Kier alpha value is -4.62. The Balaban J connectivity index is 0.000000236. The number of hydrogen-bond acceptors (Lipinski definition) is 7. The molecule has 0 saturated heterocycles. The fraction of sp³-hybridized carbons (Fsp3) is 0.256. The van der Waals surface area contributed by atoms with Gasteiger partial charge in [-0.05, 0) is 107 Å². The summed E-state index contributed by atoms with van der Waals surface area (Å²) in [6, 6.07) is 27.1. The van der Waals surface area contributed by atoms with Crippen molar-refractivity contribution in [3.05, 3.63) is 115 Å². The maximum Gasteiger partial charge on any atom is 0.414 e. The van der Waals surface area contributed by atoms with E-state index in [1.54, 1.807) is 91.0 Å². The fourth-order valence-electron chi connectivity index (χ4n) is 5.89. The minimum atomic E-state index is -3.66. The van der Waals surface area contributed by atoms with Gasteiger partial charge in [-0.25, -0.2) is 21.6 Å². The van der Waals surface area contributed by atoms with E-state index in [9.17, 15) is 21.6 Å². The Labute approximate surface area is 312 Å². The number of nitrogens with two attached hydrogens (primary N) is 1. The third kappa shape index (κ3) is 8.36. The van der Waals surface area contributed by atoms with Crippen molar-refractivity contribution in [2.75, 3.05) is 18.0 Å². The number of carbonyl (C=O) groups excluding carboxylic acids is 1. The number of benzene rings is 4. The average molecular weight is 765 g/mol. The Morgan fingerprint density at radius 2 is 1.17 bits per heavy atom. The van der Waals surface area contributed by atoms with Crippen molar-refractivity contribution in [3.63, 3.8) is 0 Å². The zero-order valence-corrected chi connectivity index (χ0v) is 32.6. The number of fused-ring (bicyclic) bond motifs is 2. The highest BCUT2D eigenvalue weighted by molar-refractivity contribution is 7.91. The summed E-state index contributed by atoms with van der Waals surface area (Å²) < 4.78 is 60.9. The van der Waals surface area contributed by atoms with Gasteiger partial charge in [0.15, 0.2) is 0 Å². The van der Waals surface area contributed by atoms with Crippen LogP contribution in [0.5, 0.6) is 0 Å². The highest BCUT2D eigenvalue weighted by Crippen LogP contribution is 2.33. The summed E-state index contributed by atoms with van der Waals surface area (Å²) in [4.78, 5) is 15.3. The highest BCUT2D eigenvalue weighted by atomic mass is 35.5. The quantitative estimate of drug-likeness (QED) is 0.168. The number of sulfone groups is 2. The molecule has 52 heavy (non-hydrogen) atoms. The Bertz CT molecular complexity index is 2400. The van der Waals surface area contributed by atoms with Crippen LogP contribution in [0.1, 0.15) is 33.3 Å². The largest absolute Gasteiger partial charge is 0.443 e. The van der Waals surface area contributed by atoms with Gasteiger partial charge in [-0.3, -0.25) is 4.90 Å². The number of anilines is 1. The zero-order chi connectivity index (χ0) is 37.1. The third-order valence-corrected chi connectivity index (χ3v) is 11.9. The first kappa shape index (κ1) is 40.2. The summed E-state index contributed by atoms with van der Waals surface area (Å²) in [5.74, 6) is 0. The molecule has 0 radical (unpaired) electrons. The highest BCUT2D eigenvalue weighted by Gasteiger charge is 2.26. The number of aryl methyl sites for hydroxylation is 2. The molecule has 0 aliphatic carbocycles. The molecule has 0 saturated carbocycles. The lowest BCUT2D eigenvalue weighted by atomic mass is 10.1. The first-order valence-electron chi connectivity index (χ1n) is 16.6. The molecule has 0 bridgehead atoms. The Kier molecular flexibility index (Phi) is 12.3. The summed E-state index contributed by atoms with van der Waals surface area (Å²) in [6.07, 6.45) is 4.09. The van der Waals surface area contributed by atoms with Crippen LogP contribution < -0.4 is 10.6 Å². The lowest BCUT2D eigenvalue weighted by Gasteiger charge is -2.26. The number of nitrogens with zero attached hydrogens (tertiary/aromatic N) is 3. The first-order chi connectivity index (χ1) is 24.1. The van der Waals surface area contributed by atoms with E-state index in [-0.39, 0.29) is 22.2 Å². The lowest BCUT2D eigenvalue weighted by molar-refractivity contribution is 0.0582. The summed E-state index contributed by atoms with van der Waals surface area (Å²) in [7, 11) is -3.34. The maximum absolute atomic E-state index is 13.0. The van der Waals surface area contributed by atoms with Crippen LogP contribution in [0.25, 0.3) is 21.8 Å². The standard InChI is InChI=1S/C22H26N2O4S.C17H18N2O2S.ClH/c1-6-24(21(25)28-22(2,3)4)20-15-23(5)19-13-12-17(14-18(19)20)29(26,27)16-10-8-7-9-11-16;1-19-12-13(9-10-18)16-11-15(7-8-17(16)19)22(20,21)14-5-3-2-4-6-14;/h7-15H,6H2,1-5H3;2-8,11-12H,9-10,18H2,1H3;1H. The number of ether oxygens (including phenoxy) is 1. The van der Waals surface area contributed by atoms with Crippen molar-refractivity contribution in [2.24, 2.45) is 19.8 Å². The van der Waals surface area contributed by atoms with Crippen LogP contribution >= 0.6 is 12.4 Å². The van der Waals surface area contributed by atoms with Crippen molar-refractivity contribution in [1.29, 1.82) is 0 Å². The van der Waals surface area contributed by atoms with E-state index < -0.39 is 31.4 Å². The van der Waals surface area contributed by atoms with Gasteiger partial charge >= 0.3 is 6.09 Å². The van der Waals surface area contributed by atoms with E-state index in [1.165, 1.54) is 4.90 Å². The molecular formula is C39H45ClN4O6S2. The number of carbonyl (C=O) groups is 1. The van der Waals surface area contributed by atoms with Crippen LogP contribution in [0.3, 0.4) is 0 Å². The summed E-state index contributed by atoms with van der Waals surface area (Å²) in [6.45, 7) is 8.22. The molecule has 0 aliphatic rings. The second kappa shape index (κ2) is 16.0. The second-order valence-electron chi connectivity index (χ2n) is 13.1. The van der Waals surface area contributed by atoms with Gasteiger partial charge < -0.3 is 19.6 Å². The van der Waals surface area contributed by atoms with Gasteiger partial charge in [-0.15, -0.1) is 12.4 Å². The molecule has 4 aromatic carbocycles. The predicted molar refractivity (Wildman–Crippen MR) is 209 cm³/mol. The summed E-state index contributed by atoms with van der Waals surface area (Å²) in [5, 5.41) is 1.63. The van der Waals surface area contributed by atoms with Gasteiger partial charge in [-0.1, -0.05) is 36.4 Å². The smallest absolute Gasteiger partial charge is 0.414 e. The minimum absolute atomic E-state index is 0. The number of rotatable bonds is 8. The molecule has 0 atom stereocenters.